The third-order valence-electron chi connectivity index (χ3n) is 4.65. The number of hydrogen-bond donors (Lipinski definition) is 0. The number of hydrogen-bond acceptors (Lipinski definition) is 3. The zero-order chi connectivity index (χ0) is 18.4. The minimum Gasteiger partial charge on any atom is -0.463 e. The summed E-state index contributed by atoms with van der Waals surface area (Å²) < 4.78 is 11.7. The molecule has 0 spiro atoms. The van der Waals surface area contributed by atoms with E-state index >= 15 is 0 Å². The molecule has 0 radical (unpaired) electrons. The van der Waals surface area contributed by atoms with Gasteiger partial charge in [0, 0.05) is 5.57 Å². The van der Waals surface area contributed by atoms with E-state index in [0.29, 0.717) is 18.6 Å². The molecule has 0 N–H and O–H groups in total. The topological polar surface area (TPSA) is 35.5 Å². The lowest BCUT2D eigenvalue weighted by molar-refractivity contribution is -0.138. The van der Waals surface area contributed by atoms with E-state index in [1.807, 2.05) is 31.2 Å². The van der Waals surface area contributed by atoms with Crippen molar-refractivity contribution in [2.75, 3.05) is 6.61 Å². The summed E-state index contributed by atoms with van der Waals surface area (Å²) in [5.74, 6) is -0.253. The van der Waals surface area contributed by atoms with Crippen molar-refractivity contribution in [3.05, 3.63) is 47.5 Å². The third kappa shape index (κ3) is 5.91. The highest BCUT2D eigenvalue weighted by Crippen LogP contribution is 2.40. The summed E-state index contributed by atoms with van der Waals surface area (Å²) >= 11 is 0. The molecule has 0 saturated carbocycles. The van der Waals surface area contributed by atoms with Crippen molar-refractivity contribution in [1.29, 1.82) is 0 Å². The second kappa shape index (κ2) is 8.63. The van der Waals surface area contributed by atoms with E-state index in [-0.39, 0.29) is 17.1 Å². The van der Waals surface area contributed by atoms with Crippen LogP contribution in [0, 0.1) is 0 Å². The van der Waals surface area contributed by atoms with Crippen molar-refractivity contribution in [3.63, 3.8) is 0 Å². The van der Waals surface area contributed by atoms with Gasteiger partial charge in [0.25, 0.3) is 0 Å². The Morgan fingerprint density at radius 1 is 1.21 bits per heavy atom. The predicted octanol–water partition coefficient (Wildman–Crippen LogP) is 5.65. The predicted molar refractivity (Wildman–Crippen MR) is 102 cm³/mol. The van der Waals surface area contributed by atoms with Crippen LogP contribution in [0.4, 0.5) is 0 Å². The Balaban J connectivity index is 3.00. The number of carbonyl (C=O) groups is 1. The fourth-order valence-corrected chi connectivity index (χ4v) is 3.36. The largest absolute Gasteiger partial charge is 0.463 e. The standard InChI is InChI=1S/C20H32O3Si/c1-8-22-19(21)16(2)14-15-18(17-12-10-9-11-13-17)23-24(6,7)20(3,4)5/h9-14,18H,8,15H2,1-7H3/b16-14-. The maximum Gasteiger partial charge on any atom is 0.333 e. The van der Waals surface area contributed by atoms with Gasteiger partial charge in [-0.1, -0.05) is 57.2 Å². The molecule has 0 saturated heterocycles. The number of rotatable bonds is 7. The summed E-state index contributed by atoms with van der Waals surface area (Å²) in [6.45, 7) is 15.2. The van der Waals surface area contributed by atoms with E-state index < -0.39 is 8.32 Å². The van der Waals surface area contributed by atoms with Crippen LogP contribution >= 0.6 is 0 Å². The molecule has 4 heteroatoms. The number of esters is 1. The van der Waals surface area contributed by atoms with Crippen molar-refractivity contribution in [2.24, 2.45) is 0 Å². The first-order valence-corrected chi connectivity index (χ1v) is 11.6. The second-order valence-corrected chi connectivity index (χ2v) is 12.4. The monoisotopic (exact) mass is 348 g/mol. The van der Waals surface area contributed by atoms with Gasteiger partial charge in [-0.25, -0.2) is 4.79 Å². The quantitative estimate of drug-likeness (QED) is 0.363. The molecule has 1 aromatic rings. The van der Waals surface area contributed by atoms with Gasteiger partial charge in [0.15, 0.2) is 8.32 Å². The molecular weight excluding hydrogens is 316 g/mol. The van der Waals surface area contributed by atoms with Crippen molar-refractivity contribution >= 4 is 14.3 Å². The molecular formula is C20H32O3Si. The molecule has 0 aliphatic carbocycles. The third-order valence-corrected chi connectivity index (χ3v) is 9.14. The maximum absolute atomic E-state index is 11.8. The van der Waals surface area contributed by atoms with E-state index in [4.69, 9.17) is 9.16 Å². The molecule has 0 bridgehead atoms. The van der Waals surface area contributed by atoms with Crippen LogP contribution < -0.4 is 0 Å². The zero-order valence-corrected chi connectivity index (χ0v) is 17.2. The SMILES string of the molecule is CCOC(=O)/C(C)=C\CC(O[Si](C)(C)C(C)(C)C)c1ccccc1. The van der Waals surface area contributed by atoms with Crippen LogP contribution in [-0.2, 0) is 14.0 Å². The number of carbonyl (C=O) groups excluding carboxylic acids is 1. The second-order valence-electron chi connectivity index (χ2n) is 7.62. The number of benzene rings is 1. The Morgan fingerprint density at radius 3 is 2.29 bits per heavy atom. The summed E-state index contributed by atoms with van der Waals surface area (Å²) in [5, 5.41) is 0.139. The maximum atomic E-state index is 11.8. The first kappa shape index (κ1) is 20.7. The molecule has 24 heavy (non-hydrogen) atoms. The summed E-state index contributed by atoms with van der Waals surface area (Å²) in [4.78, 5) is 11.8. The first-order valence-electron chi connectivity index (χ1n) is 8.65. The van der Waals surface area contributed by atoms with E-state index in [2.05, 4.69) is 46.0 Å². The van der Waals surface area contributed by atoms with E-state index in [1.165, 1.54) is 0 Å². The smallest absolute Gasteiger partial charge is 0.333 e. The Labute approximate surface area is 148 Å². The molecule has 0 heterocycles. The zero-order valence-electron chi connectivity index (χ0n) is 16.2. The highest BCUT2D eigenvalue weighted by atomic mass is 28.4. The molecule has 1 unspecified atom stereocenters. The fourth-order valence-electron chi connectivity index (χ4n) is 2.06. The van der Waals surface area contributed by atoms with Crippen LogP contribution in [0.3, 0.4) is 0 Å². The average Bonchev–Trinajstić information content (AvgIpc) is 2.51. The Bertz CT molecular complexity index is 556. The lowest BCUT2D eigenvalue weighted by Gasteiger charge is -2.39. The normalized spacial score (nSPS) is 14.4. The van der Waals surface area contributed by atoms with Crippen LogP contribution in [0.5, 0.6) is 0 Å². The number of ether oxygens (including phenoxy) is 1. The Kier molecular flexibility index (Phi) is 7.43. The molecule has 3 nitrogen and oxygen atoms in total. The van der Waals surface area contributed by atoms with Gasteiger partial charge in [-0.05, 0) is 44.0 Å². The summed E-state index contributed by atoms with van der Waals surface area (Å²) in [6, 6.07) is 10.2. The van der Waals surface area contributed by atoms with Gasteiger partial charge in [-0.3, -0.25) is 0 Å². The van der Waals surface area contributed by atoms with Crippen LogP contribution in [0.1, 0.15) is 52.7 Å². The van der Waals surface area contributed by atoms with Gasteiger partial charge in [0.05, 0.1) is 12.7 Å². The molecule has 1 aromatic carbocycles. The Hall–Kier alpha value is -1.39. The van der Waals surface area contributed by atoms with Gasteiger partial charge in [-0.15, -0.1) is 0 Å². The molecule has 0 aliphatic rings. The van der Waals surface area contributed by atoms with Crippen LogP contribution in [-0.4, -0.2) is 20.9 Å². The molecule has 0 fully saturated rings. The van der Waals surface area contributed by atoms with Crippen molar-refractivity contribution < 1.29 is 14.0 Å². The highest BCUT2D eigenvalue weighted by molar-refractivity contribution is 6.74. The molecule has 0 aliphatic heterocycles. The lowest BCUT2D eigenvalue weighted by atomic mass is 10.1. The van der Waals surface area contributed by atoms with Crippen molar-refractivity contribution in [2.45, 2.75) is 65.3 Å². The highest BCUT2D eigenvalue weighted by Gasteiger charge is 2.39. The van der Waals surface area contributed by atoms with E-state index in [1.54, 1.807) is 6.92 Å². The van der Waals surface area contributed by atoms with E-state index in [9.17, 15) is 4.79 Å². The summed E-state index contributed by atoms with van der Waals surface area (Å²) in [5.41, 5.74) is 1.78. The Morgan fingerprint density at radius 2 is 1.79 bits per heavy atom. The lowest BCUT2D eigenvalue weighted by Crippen LogP contribution is -2.41. The molecule has 134 valence electrons. The average molecular weight is 349 g/mol. The van der Waals surface area contributed by atoms with Crippen molar-refractivity contribution in [3.8, 4) is 0 Å². The molecule has 1 rings (SSSR count). The van der Waals surface area contributed by atoms with E-state index in [0.717, 1.165) is 5.56 Å². The van der Waals surface area contributed by atoms with Crippen LogP contribution in [0.15, 0.2) is 42.0 Å². The van der Waals surface area contributed by atoms with Gasteiger partial charge >= 0.3 is 5.97 Å². The van der Waals surface area contributed by atoms with Gasteiger partial charge in [-0.2, -0.15) is 0 Å². The molecule has 0 aromatic heterocycles. The first-order chi connectivity index (χ1) is 11.1. The van der Waals surface area contributed by atoms with Gasteiger partial charge < -0.3 is 9.16 Å². The minimum absolute atomic E-state index is 0.0449. The van der Waals surface area contributed by atoms with Gasteiger partial charge in [0.1, 0.15) is 0 Å². The minimum atomic E-state index is -1.91. The van der Waals surface area contributed by atoms with Crippen molar-refractivity contribution in [1.82, 2.24) is 0 Å². The van der Waals surface area contributed by atoms with Gasteiger partial charge in [0.2, 0.25) is 0 Å². The molecule has 0 amide bonds. The van der Waals surface area contributed by atoms with Crippen LogP contribution in [0.2, 0.25) is 18.1 Å². The fraction of sp³-hybridized carbons (Fsp3) is 0.550. The summed E-state index contributed by atoms with van der Waals surface area (Å²) in [6.07, 6.45) is 2.56. The van der Waals surface area contributed by atoms with Crippen LogP contribution in [0.25, 0.3) is 0 Å². The summed E-state index contributed by atoms with van der Waals surface area (Å²) in [7, 11) is -1.91. The molecule has 1 atom stereocenters.